The van der Waals surface area contributed by atoms with Gasteiger partial charge in [-0.25, -0.2) is 0 Å². The number of halogens is 4. The van der Waals surface area contributed by atoms with E-state index in [4.69, 9.17) is 16.3 Å². The van der Waals surface area contributed by atoms with Crippen molar-refractivity contribution in [1.82, 2.24) is 4.98 Å². The minimum atomic E-state index is -4.64. The third-order valence-electron chi connectivity index (χ3n) is 6.43. The van der Waals surface area contributed by atoms with Crippen LogP contribution in [0.1, 0.15) is 28.3 Å². The van der Waals surface area contributed by atoms with Crippen LogP contribution in [0, 0.1) is 5.92 Å². The number of aromatic nitrogens is 1. The molecule has 10 heteroatoms. The summed E-state index contributed by atoms with van der Waals surface area (Å²) in [5.74, 6) is -6.22. The topological polar surface area (TPSA) is 99.5 Å². The van der Waals surface area contributed by atoms with Crippen molar-refractivity contribution in [3.8, 4) is 5.75 Å². The van der Waals surface area contributed by atoms with Gasteiger partial charge in [-0.1, -0.05) is 54.1 Å². The minimum Gasteiger partial charge on any atom is -0.549 e. The summed E-state index contributed by atoms with van der Waals surface area (Å²) in [5.41, 5.74) is -5.77. The van der Waals surface area contributed by atoms with Crippen LogP contribution in [-0.2, 0) is 27.0 Å². The first-order chi connectivity index (χ1) is 16.0. The summed E-state index contributed by atoms with van der Waals surface area (Å²) in [7, 11) is 0. The summed E-state index contributed by atoms with van der Waals surface area (Å²) in [6, 6.07) is 12.9. The Labute approximate surface area is 195 Å². The van der Waals surface area contributed by atoms with E-state index in [9.17, 15) is 33.0 Å². The summed E-state index contributed by atoms with van der Waals surface area (Å²) >= 11 is 6.02. The van der Waals surface area contributed by atoms with Gasteiger partial charge in [-0.2, -0.15) is 13.2 Å². The molecule has 0 unspecified atom stereocenters. The molecule has 1 aliphatic heterocycles. The van der Waals surface area contributed by atoms with Crippen molar-refractivity contribution in [2.24, 2.45) is 5.92 Å². The second-order valence-electron chi connectivity index (χ2n) is 8.17. The van der Waals surface area contributed by atoms with Crippen molar-refractivity contribution >= 4 is 23.4 Å². The van der Waals surface area contributed by atoms with E-state index in [2.05, 4.69) is 4.98 Å². The number of rotatable bonds is 3. The molecule has 1 saturated carbocycles. The highest BCUT2D eigenvalue weighted by Crippen LogP contribution is 2.66. The number of ketones is 1. The van der Waals surface area contributed by atoms with Crippen LogP contribution in [0.15, 0.2) is 66.9 Å². The highest BCUT2D eigenvalue weighted by molar-refractivity contribution is 6.30. The van der Waals surface area contributed by atoms with E-state index in [0.29, 0.717) is 5.56 Å². The molecular formula is C24H14ClF3NO5-. The first-order valence-corrected chi connectivity index (χ1v) is 10.4. The Morgan fingerprint density at radius 1 is 1.12 bits per heavy atom. The van der Waals surface area contributed by atoms with Gasteiger partial charge in [0.25, 0.3) is 0 Å². The Hall–Kier alpha value is -3.43. The lowest BCUT2D eigenvalue weighted by molar-refractivity contribution is -0.310. The average Bonchev–Trinajstić information content (AvgIpc) is 3.16. The first-order valence-electron chi connectivity index (χ1n) is 10.1. The van der Waals surface area contributed by atoms with Gasteiger partial charge in [0.15, 0.2) is 11.4 Å². The van der Waals surface area contributed by atoms with Gasteiger partial charge in [-0.05, 0) is 23.3 Å². The summed E-state index contributed by atoms with van der Waals surface area (Å²) in [5, 5.41) is 24.3. The Balaban J connectivity index is 1.84. The van der Waals surface area contributed by atoms with Gasteiger partial charge in [0.1, 0.15) is 11.4 Å². The van der Waals surface area contributed by atoms with Crippen molar-refractivity contribution in [3.05, 3.63) is 94.3 Å². The number of aliphatic hydroxyl groups is 1. The molecule has 2 heterocycles. The van der Waals surface area contributed by atoms with E-state index in [1.54, 1.807) is 18.2 Å². The number of carbonyl (C=O) groups is 2. The Morgan fingerprint density at radius 2 is 1.76 bits per heavy atom. The zero-order chi connectivity index (χ0) is 24.5. The summed E-state index contributed by atoms with van der Waals surface area (Å²) < 4.78 is 45.8. The lowest BCUT2D eigenvalue weighted by Crippen LogP contribution is -2.51. The lowest BCUT2D eigenvalue weighted by Gasteiger charge is -2.39. The number of alkyl halides is 3. The smallest absolute Gasteiger partial charge is 0.416 e. The highest BCUT2D eigenvalue weighted by atomic mass is 35.5. The van der Waals surface area contributed by atoms with Crippen molar-refractivity contribution < 1.29 is 37.7 Å². The second-order valence-corrected chi connectivity index (χ2v) is 8.61. The molecule has 0 bridgehead atoms. The number of hydrogen-bond acceptors (Lipinski definition) is 6. The molecule has 6 nitrogen and oxygen atoms in total. The predicted octanol–water partition coefficient (Wildman–Crippen LogP) is 2.96. The van der Waals surface area contributed by atoms with Gasteiger partial charge in [-0.15, -0.1) is 0 Å². The van der Waals surface area contributed by atoms with E-state index >= 15 is 0 Å². The van der Waals surface area contributed by atoms with Crippen molar-refractivity contribution in [2.75, 3.05) is 0 Å². The Bertz CT molecular complexity index is 1310. The van der Waals surface area contributed by atoms with Crippen LogP contribution in [0.2, 0.25) is 5.02 Å². The van der Waals surface area contributed by atoms with Gasteiger partial charge in [0.2, 0.25) is 5.60 Å². The fraction of sp³-hybridized carbons (Fsp3) is 0.208. The number of Topliss-reactive ketones (excluding diaryl/α,β-unsaturated/α-hetero) is 1. The van der Waals surface area contributed by atoms with Crippen LogP contribution in [0.4, 0.5) is 13.2 Å². The summed E-state index contributed by atoms with van der Waals surface area (Å²) in [6.07, 6.45) is -3.49. The zero-order valence-electron chi connectivity index (χ0n) is 17.0. The molecule has 1 fully saturated rings. The molecule has 2 aliphatic rings. The number of nitrogens with zero attached hydrogens (tertiary/aromatic N) is 1. The van der Waals surface area contributed by atoms with Gasteiger partial charge in [0, 0.05) is 18.2 Å². The average molecular weight is 489 g/mol. The molecule has 0 radical (unpaired) electrons. The number of ether oxygens (including phenoxy) is 1. The molecule has 0 amide bonds. The molecule has 34 heavy (non-hydrogen) atoms. The van der Waals surface area contributed by atoms with Crippen LogP contribution < -0.4 is 9.84 Å². The van der Waals surface area contributed by atoms with Crippen LogP contribution >= 0.6 is 11.6 Å². The molecule has 5 rings (SSSR count). The monoisotopic (exact) mass is 488 g/mol. The molecule has 0 saturated heterocycles. The standard InChI is InChI=1S/C24H15ClF3NO5/c25-15-10-16-19(29-11-15)22(33)20(30)17(21(31)32)18(12-4-2-1-3-5-12)23(22,34-16)13-6-8-14(9-7-13)24(26,27)28/h1-11,17-18,33H,(H,31,32)/p-1/t17-,18-,22+,23+/m1/s1. The fourth-order valence-corrected chi connectivity index (χ4v) is 5.23. The number of hydrogen-bond donors (Lipinski definition) is 1. The quantitative estimate of drug-likeness (QED) is 0.569. The van der Waals surface area contributed by atoms with Gasteiger partial charge in [0.05, 0.1) is 22.5 Å². The number of pyridine rings is 1. The Morgan fingerprint density at radius 3 is 2.35 bits per heavy atom. The third kappa shape index (κ3) is 2.83. The Kier molecular flexibility index (Phi) is 4.79. The number of fused-ring (bicyclic) bond motifs is 3. The molecule has 2 aromatic carbocycles. The van der Waals surface area contributed by atoms with Gasteiger partial charge < -0.3 is 19.7 Å². The molecule has 4 atom stereocenters. The summed E-state index contributed by atoms with van der Waals surface area (Å²) in [6.45, 7) is 0. The predicted molar refractivity (Wildman–Crippen MR) is 110 cm³/mol. The van der Waals surface area contributed by atoms with Crippen LogP contribution in [-0.4, -0.2) is 21.8 Å². The van der Waals surface area contributed by atoms with Crippen molar-refractivity contribution in [1.29, 1.82) is 0 Å². The number of benzene rings is 2. The van der Waals surface area contributed by atoms with Crippen LogP contribution in [0.25, 0.3) is 0 Å². The number of carbonyl (C=O) groups excluding carboxylic acids is 2. The molecule has 0 spiro atoms. The number of aliphatic carboxylic acids is 1. The highest BCUT2D eigenvalue weighted by Gasteiger charge is 2.77. The van der Waals surface area contributed by atoms with E-state index in [0.717, 1.165) is 30.5 Å². The molecule has 1 aromatic heterocycles. The number of carboxylic acids is 1. The molecular weight excluding hydrogens is 475 g/mol. The van der Waals surface area contributed by atoms with Crippen LogP contribution in [0.5, 0.6) is 5.75 Å². The first kappa shape index (κ1) is 22.4. The van der Waals surface area contributed by atoms with Gasteiger partial charge >= 0.3 is 6.18 Å². The SMILES string of the molecule is O=C([O-])[C@H]1C(=O)[C@@]2(O)c3ncc(Cl)cc3O[C@@]2(c2ccc(C(F)(F)F)cc2)[C@@H]1c1ccccc1. The number of carboxylic acid groups (broad SMARTS) is 1. The fourth-order valence-electron chi connectivity index (χ4n) is 5.08. The maximum Gasteiger partial charge on any atom is 0.416 e. The largest absolute Gasteiger partial charge is 0.549 e. The van der Waals surface area contributed by atoms with Gasteiger partial charge in [-0.3, -0.25) is 9.78 Å². The van der Waals surface area contributed by atoms with Crippen molar-refractivity contribution in [2.45, 2.75) is 23.3 Å². The minimum absolute atomic E-state index is 0.0388. The zero-order valence-corrected chi connectivity index (χ0v) is 17.8. The second kappa shape index (κ2) is 7.28. The molecule has 1 aliphatic carbocycles. The van der Waals surface area contributed by atoms with Crippen molar-refractivity contribution in [3.63, 3.8) is 0 Å². The van der Waals surface area contributed by atoms with E-state index in [-0.39, 0.29) is 22.0 Å². The molecule has 1 N–H and O–H groups in total. The maximum absolute atomic E-state index is 13.6. The normalized spacial score (nSPS) is 27.7. The van der Waals surface area contributed by atoms with E-state index < -0.39 is 46.5 Å². The molecule has 174 valence electrons. The third-order valence-corrected chi connectivity index (χ3v) is 6.64. The van der Waals surface area contributed by atoms with Crippen LogP contribution in [0.3, 0.4) is 0 Å². The summed E-state index contributed by atoms with van der Waals surface area (Å²) in [4.78, 5) is 29.8. The molecule has 3 aromatic rings. The lowest BCUT2D eigenvalue weighted by atomic mass is 9.71. The van der Waals surface area contributed by atoms with E-state index in [1.165, 1.54) is 18.2 Å². The maximum atomic E-state index is 13.6. The van der Waals surface area contributed by atoms with E-state index in [1.807, 2.05) is 0 Å².